The van der Waals surface area contributed by atoms with Gasteiger partial charge in [0.2, 0.25) is 5.82 Å². The Morgan fingerprint density at radius 3 is 2.33 bits per heavy atom. The summed E-state index contributed by atoms with van der Waals surface area (Å²) in [6.07, 6.45) is 0.344. The molecule has 0 saturated carbocycles. The smallest absolute Gasteiger partial charge is 0.206 e. The largest absolute Gasteiger partial charge is 0.505 e. The molecule has 3 nitrogen and oxygen atoms in total. The summed E-state index contributed by atoms with van der Waals surface area (Å²) in [5, 5.41) is 18.7. The van der Waals surface area contributed by atoms with E-state index in [2.05, 4.69) is 0 Å². The molecule has 0 aliphatic rings. The molecule has 0 atom stereocenters. The molecular weight excluding hydrogens is 197 g/mol. The molecule has 0 heterocycles. The van der Waals surface area contributed by atoms with Crippen LogP contribution in [0.5, 0.6) is 11.5 Å². The maximum Gasteiger partial charge on any atom is 0.206 e. The van der Waals surface area contributed by atoms with E-state index in [0.29, 0.717) is 17.5 Å². The average molecular weight is 213 g/mol. The maximum atomic E-state index is 13.3. The Hall–Kier alpha value is -1.29. The summed E-state index contributed by atoms with van der Waals surface area (Å²) in [6, 6.07) is 1.54. The average Bonchev–Trinajstić information content (AvgIpc) is 2.08. The molecule has 0 aliphatic heterocycles. The lowest BCUT2D eigenvalue weighted by Gasteiger charge is -2.20. The van der Waals surface area contributed by atoms with Crippen LogP contribution in [0.4, 0.5) is 4.39 Å². The van der Waals surface area contributed by atoms with E-state index < -0.39 is 22.9 Å². The van der Waals surface area contributed by atoms with Gasteiger partial charge in [0, 0.05) is 5.54 Å². The summed E-state index contributed by atoms with van der Waals surface area (Å²) in [6.45, 7) is 5.14. The first kappa shape index (κ1) is 11.8. The lowest BCUT2D eigenvalue weighted by atomic mass is 9.94. The van der Waals surface area contributed by atoms with Crippen LogP contribution < -0.4 is 5.73 Å². The molecule has 0 spiro atoms. The Bertz CT molecular complexity index is 383. The van der Waals surface area contributed by atoms with Gasteiger partial charge < -0.3 is 15.9 Å². The summed E-state index contributed by atoms with van der Waals surface area (Å²) in [7, 11) is 0. The second-order valence-corrected chi connectivity index (χ2v) is 4.53. The van der Waals surface area contributed by atoms with Crippen molar-refractivity contribution in [3.05, 3.63) is 23.0 Å². The van der Waals surface area contributed by atoms with Crippen LogP contribution in [0.25, 0.3) is 0 Å². The van der Waals surface area contributed by atoms with Gasteiger partial charge in [-0.2, -0.15) is 4.39 Å². The highest BCUT2D eigenvalue weighted by molar-refractivity contribution is 5.46. The van der Waals surface area contributed by atoms with Gasteiger partial charge in [0.25, 0.3) is 0 Å². The predicted molar refractivity (Wildman–Crippen MR) is 56.4 cm³/mol. The Kier molecular flexibility index (Phi) is 2.90. The standard InChI is InChI=1S/C11H16FNO2/c1-6-4-7(5-11(2,3)13)10(15)8(12)9(6)14/h4,14-15H,5,13H2,1-3H3. The van der Waals surface area contributed by atoms with Crippen LogP contribution in [0, 0.1) is 12.7 Å². The summed E-state index contributed by atoms with van der Waals surface area (Å²) < 4.78 is 13.3. The van der Waals surface area contributed by atoms with Crippen LogP contribution in [0.1, 0.15) is 25.0 Å². The first-order valence-electron chi connectivity index (χ1n) is 4.71. The summed E-state index contributed by atoms with van der Waals surface area (Å²) in [4.78, 5) is 0. The number of nitrogens with two attached hydrogens (primary N) is 1. The van der Waals surface area contributed by atoms with E-state index >= 15 is 0 Å². The Balaban J connectivity index is 3.21. The zero-order chi connectivity index (χ0) is 11.8. The van der Waals surface area contributed by atoms with E-state index in [-0.39, 0.29) is 0 Å². The van der Waals surface area contributed by atoms with Gasteiger partial charge in [-0.15, -0.1) is 0 Å². The first-order valence-corrected chi connectivity index (χ1v) is 4.71. The second kappa shape index (κ2) is 3.70. The molecule has 15 heavy (non-hydrogen) atoms. The summed E-state index contributed by atoms with van der Waals surface area (Å²) >= 11 is 0. The van der Waals surface area contributed by atoms with Crippen LogP contribution in [0.3, 0.4) is 0 Å². The van der Waals surface area contributed by atoms with Crippen LogP contribution in [-0.4, -0.2) is 15.8 Å². The van der Waals surface area contributed by atoms with Gasteiger partial charge in [0.1, 0.15) is 0 Å². The maximum absolute atomic E-state index is 13.3. The van der Waals surface area contributed by atoms with Crippen molar-refractivity contribution in [2.24, 2.45) is 5.73 Å². The molecular formula is C11H16FNO2. The minimum absolute atomic E-state index is 0.344. The second-order valence-electron chi connectivity index (χ2n) is 4.53. The molecule has 1 aromatic carbocycles. The highest BCUT2D eigenvalue weighted by Gasteiger charge is 2.19. The van der Waals surface area contributed by atoms with Crippen LogP contribution in [-0.2, 0) is 6.42 Å². The fourth-order valence-corrected chi connectivity index (χ4v) is 1.45. The first-order chi connectivity index (χ1) is 6.72. The molecule has 0 aliphatic carbocycles. The molecule has 0 amide bonds. The molecule has 1 aromatic rings. The molecule has 0 saturated heterocycles. The van der Waals surface area contributed by atoms with Crippen molar-refractivity contribution < 1.29 is 14.6 Å². The van der Waals surface area contributed by atoms with E-state index in [1.54, 1.807) is 26.8 Å². The molecule has 1 rings (SSSR count). The third-order valence-corrected chi connectivity index (χ3v) is 2.13. The molecule has 0 bridgehead atoms. The topological polar surface area (TPSA) is 66.5 Å². The number of aryl methyl sites for hydroxylation is 1. The van der Waals surface area contributed by atoms with Crippen molar-refractivity contribution in [3.63, 3.8) is 0 Å². The van der Waals surface area contributed by atoms with Crippen molar-refractivity contribution in [2.75, 3.05) is 0 Å². The van der Waals surface area contributed by atoms with Crippen molar-refractivity contribution in [1.82, 2.24) is 0 Å². The lowest BCUT2D eigenvalue weighted by Crippen LogP contribution is -2.34. The summed E-state index contributed by atoms with van der Waals surface area (Å²) in [5.41, 5.74) is 6.05. The normalized spacial score (nSPS) is 11.8. The Morgan fingerprint density at radius 1 is 1.33 bits per heavy atom. The quantitative estimate of drug-likeness (QED) is 0.702. The van der Waals surface area contributed by atoms with Crippen LogP contribution >= 0.6 is 0 Å². The SMILES string of the molecule is Cc1cc(CC(C)(C)N)c(O)c(F)c1O. The van der Waals surface area contributed by atoms with E-state index in [9.17, 15) is 14.6 Å². The van der Waals surface area contributed by atoms with E-state index in [4.69, 9.17) is 5.73 Å². The van der Waals surface area contributed by atoms with Gasteiger partial charge in [-0.05, 0) is 44.4 Å². The zero-order valence-electron chi connectivity index (χ0n) is 9.13. The number of phenols is 2. The number of hydrogen-bond acceptors (Lipinski definition) is 3. The van der Waals surface area contributed by atoms with Crippen molar-refractivity contribution >= 4 is 0 Å². The highest BCUT2D eigenvalue weighted by atomic mass is 19.1. The van der Waals surface area contributed by atoms with Gasteiger partial charge in [-0.3, -0.25) is 0 Å². The van der Waals surface area contributed by atoms with Crippen molar-refractivity contribution in [3.8, 4) is 11.5 Å². The third-order valence-electron chi connectivity index (χ3n) is 2.13. The molecule has 0 radical (unpaired) electrons. The highest BCUT2D eigenvalue weighted by Crippen LogP contribution is 2.33. The Morgan fingerprint density at radius 2 is 1.87 bits per heavy atom. The molecule has 84 valence electrons. The fraction of sp³-hybridized carbons (Fsp3) is 0.455. The van der Waals surface area contributed by atoms with Gasteiger partial charge in [-0.1, -0.05) is 0 Å². The van der Waals surface area contributed by atoms with Gasteiger partial charge >= 0.3 is 0 Å². The molecule has 0 fully saturated rings. The third kappa shape index (κ3) is 2.59. The number of rotatable bonds is 2. The number of halogens is 1. The van der Waals surface area contributed by atoms with Crippen molar-refractivity contribution in [2.45, 2.75) is 32.7 Å². The van der Waals surface area contributed by atoms with Gasteiger partial charge in [-0.25, -0.2) is 0 Å². The van der Waals surface area contributed by atoms with Crippen LogP contribution in [0.2, 0.25) is 0 Å². The molecule has 4 heteroatoms. The fourth-order valence-electron chi connectivity index (χ4n) is 1.45. The lowest BCUT2D eigenvalue weighted by molar-refractivity contribution is 0.378. The minimum Gasteiger partial charge on any atom is -0.505 e. The van der Waals surface area contributed by atoms with E-state index in [1.165, 1.54) is 0 Å². The van der Waals surface area contributed by atoms with Crippen LogP contribution in [0.15, 0.2) is 6.07 Å². The molecule has 4 N–H and O–H groups in total. The molecule has 0 unspecified atom stereocenters. The minimum atomic E-state index is -0.978. The number of aromatic hydroxyl groups is 2. The zero-order valence-corrected chi connectivity index (χ0v) is 9.13. The monoisotopic (exact) mass is 213 g/mol. The number of hydrogen-bond donors (Lipinski definition) is 3. The Labute approximate surface area is 88.4 Å². The summed E-state index contributed by atoms with van der Waals surface area (Å²) in [5.74, 6) is -2.00. The molecule has 0 aromatic heterocycles. The van der Waals surface area contributed by atoms with E-state index in [1.807, 2.05) is 0 Å². The van der Waals surface area contributed by atoms with E-state index in [0.717, 1.165) is 0 Å². The van der Waals surface area contributed by atoms with Gasteiger partial charge in [0.15, 0.2) is 11.5 Å². The number of benzene rings is 1. The van der Waals surface area contributed by atoms with Crippen molar-refractivity contribution in [1.29, 1.82) is 0 Å². The van der Waals surface area contributed by atoms with Gasteiger partial charge in [0.05, 0.1) is 0 Å². The predicted octanol–water partition coefficient (Wildman–Crippen LogP) is 1.83. The number of phenolic OH excluding ortho intramolecular Hbond substituents is 2.